The fraction of sp³-hybridized carbons (Fsp3) is 0.765. The monoisotopic (exact) mass is 328 g/mol. The Morgan fingerprint density at radius 2 is 1.43 bits per heavy atom. The van der Waals surface area contributed by atoms with Crippen LogP contribution in [0.5, 0.6) is 0 Å². The zero-order chi connectivity index (χ0) is 17.3. The molecule has 0 aromatic rings. The van der Waals surface area contributed by atoms with Crippen LogP contribution < -0.4 is 5.32 Å². The summed E-state index contributed by atoms with van der Waals surface area (Å²) < 4.78 is -0.979. The number of amides is 1. The molecule has 1 amide bonds. The van der Waals surface area contributed by atoms with Gasteiger partial charge in [0, 0.05) is 6.17 Å². The molecule has 0 saturated heterocycles. The van der Waals surface area contributed by atoms with Gasteiger partial charge in [-0.2, -0.15) is 0 Å². The summed E-state index contributed by atoms with van der Waals surface area (Å²) >= 11 is 0. The van der Waals surface area contributed by atoms with E-state index in [1.807, 2.05) is 0 Å². The summed E-state index contributed by atoms with van der Waals surface area (Å²) in [4.78, 5) is 12.0. The molecule has 0 bridgehead atoms. The summed E-state index contributed by atoms with van der Waals surface area (Å²) in [6.07, 6.45) is 11.9. The largest absolute Gasteiger partial charge is 0.497 e. The number of hydroxylamine groups is 3. The van der Waals surface area contributed by atoms with Crippen LogP contribution in [0.2, 0.25) is 0 Å². The number of carbonyl (C=O) groups excluding carboxylic acids is 1. The Balaban J connectivity index is 2.19. The Morgan fingerprint density at radius 3 is 1.96 bits per heavy atom. The van der Waals surface area contributed by atoms with E-state index < -0.39 is 22.2 Å². The predicted molar refractivity (Wildman–Crippen MR) is 88.1 cm³/mol. The molecule has 6 heteroatoms. The minimum absolute atomic E-state index is 0.200. The maximum Gasteiger partial charge on any atom is 0.392 e. The number of aliphatic hydroxyl groups is 2. The van der Waals surface area contributed by atoms with Gasteiger partial charge in [0.25, 0.3) is 5.76 Å². The van der Waals surface area contributed by atoms with Crippen molar-refractivity contribution in [2.24, 2.45) is 0 Å². The third kappa shape index (κ3) is 5.70. The van der Waals surface area contributed by atoms with E-state index in [1.165, 1.54) is 51.9 Å². The lowest BCUT2D eigenvalue weighted by Gasteiger charge is -2.45. The summed E-state index contributed by atoms with van der Waals surface area (Å²) in [6.45, 7) is 3.94. The molecule has 1 heterocycles. The molecule has 1 aliphatic rings. The van der Waals surface area contributed by atoms with Crippen LogP contribution in [0.25, 0.3) is 0 Å². The highest BCUT2D eigenvalue weighted by molar-refractivity contribution is 5.86. The molecule has 1 unspecified atom stereocenters. The van der Waals surface area contributed by atoms with E-state index in [1.54, 1.807) is 0 Å². The highest BCUT2D eigenvalue weighted by Gasteiger charge is 2.41. The van der Waals surface area contributed by atoms with E-state index in [-0.39, 0.29) is 12.7 Å². The fourth-order valence-corrected chi connectivity index (χ4v) is 2.85. The third-order valence-corrected chi connectivity index (χ3v) is 4.45. The standard InChI is InChI=1S/C17H32N2O4/c1-3-4-5-6-7-8-9-10-11-12-13-19(23)14(2)18-16(21)15(20)17(19)22/h20,23H,3-13H2,1-2H3,(H2,18,21,22). The molecule has 134 valence electrons. The molecule has 1 aliphatic heterocycles. The van der Waals surface area contributed by atoms with Crippen molar-refractivity contribution in [2.45, 2.75) is 78.1 Å². The van der Waals surface area contributed by atoms with Gasteiger partial charge < -0.3 is 15.5 Å². The number of hydrogen-bond acceptors (Lipinski definition) is 5. The predicted octanol–water partition coefficient (Wildman–Crippen LogP) is 4.04. The number of rotatable bonds is 11. The number of unbranched alkanes of at least 4 members (excludes halogenated alkanes) is 9. The molecule has 1 rings (SSSR count). The van der Waals surface area contributed by atoms with Crippen molar-refractivity contribution in [3.63, 3.8) is 0 Å². The molecule has 0 fully saturated rings. The van der Waals surface area contributed by atoms with Crippen molar-refractivity contribution in [1.82, 2.24) is 5.32 Å². The lowest BCUT2D eigenvalue weighted by atomic mass is 10.1. The van der Waals surface area contributed by atoms with Crippen LogP contribution in [-0.2, 0) is 4.79 Å². The first-order chi connectivity index (χ1) is 10.9. The first kappa shape index (κ1) is 19.8. The van der Waals surface area contributed by atoms with Crippen LogP contribution in [-0.4, -0.2) is 32.5 Å². The van der Waals surface area contributed by atoms with Crippen molar-refractivity contribution in [2.75, 3.05) is 6.54 Å². The lowest BCUT2D eigenvalue weighted by Crippen LogP contribution is -2.60. The highest BCUT2D eigenvalue weighted by atomic mass is 16.6. The van der Waals surface area contributed by atoms with Crippen LogP contribution in [0, 0.1) is 6.17 Å². The lowest BCUT2D eigenvalue weighted by molar-refractivity contribution is -1.03. The molecule has 0 aromatic heterocycles. The van der Waals surface area contributed by atoms with Gasteiger partial charge in [0.1, 0.15) is 0 Å². The number of nitrogens with zero attached hydrogens (tertiary/aromatic N) is 1. The molecule has 4 N–H and O–H groups in total. The van der Waals surface area contributed by atoms with Gasteiger partial charge in [0.05, 0.1) is 6.54 Å². The van der Waals surface area contributed by atoms with Gasteiger partial charge >= 0.3 is 5.91 Å². The third-order valence-electron chi connectivity index (χ3n) is 4.45. The molecule has 0 saturated carbocycles. The number of nitrogens with one attached hydrogen (secondary N) is 1. The van der Waals surface area contributed by atoms with Crippen molar-refractivity contribution < 1.29 is 24.9 Å². The number of carbonyl (C=O) groups is 1. The summed E-state index contributed by atoms with van der Waals surface area (Å²) in [5.41, 5.74) is 0. The molecular weight excluding hydrogens is 296 g/mol. The Hall–Kier alpha value is -1.27. The highest BCUT2D eigenvalue weighted by Crippen LogP contribution is 2.25. The number of quaternary nitrogens is 1. The molecule has 23 heavy (non-hydrogen) atoms. The second-order valence-electron chi connectivity index (χ2n) is 6.39. The van der Waals surface area contributed by atoms with E-state index in [2.05, 4.69) is 12.2 Å². The van der Waals surface area contributed by atoms with Crippen molar-refractivity contribution in [1.29, 1.82) is 0 Å². The van der Waals surface area contributed by atoms with Crippen LogP contribution >= 0.6 is 0 Å². The molecule has 6 nitrogen and oxygen atoms in total. The summed E-state index contributed by atoms with van der Waals surface area (Å²) in [7, 11) is 0. The van der Waals surface area contributed by atoms with Gasteiger partial charge in [-0.3, -0.25) is 0 Å². The van der Waals surface area contributed by atoms with E-state index in [9.17, 15) is 20.2 Å². The van der Waals surface area contributed by atoms with E-state index in [4.69, 9.17) is 0 Å². The normalized spacial score (nSPS) is 22.5. The molecule has 0 aliphatic carbocycles. The first-order valence-corrected chi connectivity index (χ1v) is 8.82. The van der Waals surface area contributed by atoms with Crippen LogP contribution in [0.15, 0.2) is 11.6 Å². The van der Waals surface area contributed by atoms with Gasteiger partial charge in [-0.15, -0.1) is 6.92 Å². The summed E-state index contributed by atoms with van der Waals surface area (Å²) in [6, 6.07) is 0. The Bertz CT molecular complexity index is 411. The van der Waals surface area contributed by atoms with Crippen molar-refractivity contribution in [3.05, 3.63) is 17.8 Å². The quantitative estimate of drug-likeness (QED) is 0.199. The average Bonchev–Trinajstić information content (AvgIpc) is 2.53. The average molecular weight is 328 g/mol. The van der Waals surface area contributed by atoms with E-state index in [0.29, 0.717) is 6.42 Å². The van der Waals surface area contributed by atoms with E-state index in [0.717, 1.165) is 12.8 Å². The Labute approximate surface area is 139 Å². The maximum atomic E-state index is 12.0. The van der Waals surface area contributed by atoms with Crippen LogP contribution in [0.4, 0.5) is 0 Å². The second-order valence-corrected chi connectivity index (χ2v) is 6.39. The summed E-state index contributed by atoms with van der Waals surface area (Å²) in [5, 5.41) is 31.7. The van der Waals surface area contributed by atoms with Gasteiger partial charge in [-0.05, 0) is 12.8 Å². The van der Waals surface area contributed by atoms with Crippen molar-refractivity contribution in [3.8, 4) is 0 Å². The Morgan fingerprint density at radius 1 is 0.957 bits per heavy atom. The Kier molecular flexibility index (Phi) is 8.41. The first-order valence-electron chi connectivity index (χ1n) is 8.82. The molecular formula is C17H32N2O4. The molecule has 0 aromatic carbocycles. The molecule has 0 spiro atoms. The van der Waals surface area contributed by atoms with Gasteiger partial charge in [-0.1, -0.05) is 58.3 Å². The minimum Gasteiger partial charge on any atom is -0.497 e. The molecule has 1 atom stereocenters. The fourth-order valence-electron chi connectivity index (χ4n) is 2.85. The SMILES string of the molecule is CCCCCCCCCCCC[N+]1(O)C(=O)C(O)=C(O)N[C-]1C. The topological polar surface area (TPSA) is 89.8 Å². The smallest absolute Gasteiger partial charge is 0.392 e. The van der Waals surface area contributed by atoms with Crippen LogP contribution in [0.3, 0.4) is 0 Å². The van der Waals surface area contributed by atoms with Gasteiger partial charge in [0.15, 0.2) is 0 Å². The second kappa shape index (κ2) is 9.78. The summed E-state index contributed by atoms with van der Waals surface area (Å²) in [5.74, 6) is -2.29. The van der Waals surface area contributed by atoms with Gasteiger partial charge in [-0.25, -0.2) is 14.6 Å². The van der Waals surface area contributed by atoms with Crippen molar-refractivity contribution >= 4 is 5.91 Å². The number of hydrogen-bond donors (Lipinski definition) is 4. The van der Waals surface area contributed by atoms with Crippen LogP contribution in [0.1, 0.15) is 78.1 Å². The number of aliphatic hydroxyl groups excluding tert-OH is 2. The zero-order valence-electron chi connectivity index (χ0n) is 14.5. The molecule has 0 radical (unpaired) electrons. The van der Waals surface area contributed by atoms with E-state index >= 15 is 0 Å². The van der Waals surface area contributed by atoms with Gasteiger partial charge in [0.2, 0.25) is 5.88 Å². The minimum atomic E-state index is -0.979. The maximum absolute atomic E-state index is 12.0. The zero-order valence-corrected chi connectivity index (χ0v) is 14.5.